The summed E-state index contributed by atoms with van der Waals surface area (Å²) >= 11 is 0. The number of piperazine rings is 1. The largest absolute Gasteiger partial charge is 0.490 e. The van der Waals surface area contributed by atoms with E-state index in [-0.39, 0.29) is 12.5 Å². The van der Waals surface area contributed by atoms with Crippen LogP contribution in [0.15, 0.2) is 12.1 Å². The van der Waals surface area contributed by atoms with Crippen molar-refractivity contribution in [2.24, 2.45) is 0 Å². The molecule has 0 radical (unpaired) electrons. The molecule has 152 valence electrons. The van der Waals surface area contributed by atoms with Gasteiger partial charge in [0, 0.05) is 31.7 Å². The molecule has 6 nitrogen and oxygen atoms in total. The zero-order valence-corrected chi connectivity index (χ0v) is 16.2. The number of halogens is 2. The second-order valence-electron chi connectivity index (χ2n) is 6.08. The van der Waals surface area contributed by atoms with E-state index >= 15 is 0 Å². The highest BCUT2D eigenvalue weighted by Crippen LogP contribution is 2.39. The monoisotopic (exact) mass is 386 g/mol. The molecule has 0 N–H and O–H groups in total. The van der Waals surface area contributed by atoms with Crippen LogP contribution in [0.3, 0.4) is 0 Å². The third-order valence-corrected chi connectivity index (χ3v) is 4.21. The van der Waals surface area contributed by atoms with E-state index in [1.54, 1.807) is 21.9 Å². The van der Waals surface area contributed by atoms with E-state index in [0.717, 1.165) is 0 Å². The highest BCUT2D eigenvalue weighted by molar-refractivity contribution is 5.95. The van der Waals surface area contributed by atoms with Crippen LogP contribution in [0, 0.1) is 0 Å². The smallest absolute Gasteiger partial charge is 0.254 e. The first-order chi connectivity index (χ1) is 13.0. The quantitative estimate of drug-likeness (QED) is 0.653. The van der Waals surface area contributed by atoms with Gasteiger partial charge in [-0.05, 0) is 32.9 Å². The summed E-state index contributed by atoms with van der Waals surface area (Å²) in [5.41, 5.74) is 0.438. The van der Waals surface area contributed by atoms with Crippen LogP contribution in [0.1, 0.15) is 31.1 Å². The zero-order chi connectivity index (χ0) is 19.8. The summed E-state index contributed by atoms with van der Waals surface area (Å²) in [6.45, 7) is 8.30. The van der Waals surface area contributed by atoms with Crippen LogP contribution in [0.4, 0.5) is 8.78 Å². The maximum atomic E-state index is 12.9. The Labute approximate surface area is 159 Å². The van der Waals surface area contributed by atoms with E-state index in [9.17, 15) is 13.6 Å². The molecule has 0 aromatic heterocycles. The fourth-order valence-electron chi connectivity index (χ4n) is 3.02. The van der Waals surface area contributed by atoms with Crippen LogP contribution in [0.5, 0.6) is 17.2 Å². The van der Waals surface area contributed by atoms with E-state index in [1.807, 2.05) is 20.8 Å². The van der Waals surface area contributed by atoms with Gasteiger partial charge in [0.05, 0.1) is 26.4 Å². The van der Waals surface area contributed by atoms with Crippen molar-refractivity contribution in [2.45, 2.75) is 27.2 Å². The highest BCUT2D eigenvalue weighted by atomic mass is 19.3. The lowest BCUT2D eigenvalue weighted by Crippen LogP contribution is -2.49. The van der Waals surface area contributed by atoms with Gasteiger partial charge >= 0.3 is 0 Å². The molecule has 1 amide bonds. The fraction of sp³-hybridized carbons (Fsp3) is 0.632. The summed E-state index contributed by atoms with van der Waals surface area (Å²) in [5.74, 6) is 1.24. The van der Waals surface area contributed by atoms with E-state index in [2.05, 4.69) is 0 Å². The number of hydrogen-bond acceptors (Lipinski definition) is 5. The molecule has 1 fully saturated rings. The normalized spacial score (nSPS) is 15.1. The van der Waals surface area contributed by atoms with Crippen LogP contribution in [0.25, 0.3) is 0 Å². The van der Waals surface area contributed by atoms with Crippen LogP contribution >= 0.6 is 0 Å². The SMILES string of the molecule is CCOc1cc(C(=O)N2CCN(CC(F)F)CC2)cc(OCC)c1OCC. The molecule has 1 aliphatic heterocycles. The van der Waals surface area contributed by atoms with Crippen LogP contribution in [-0.2, 0) is 0 Å². The second-order valence-corrected chi connectivity index (χ2v) is 6.08. The summed E-state index contributed by atoms with van der Waals surface area (Å²) in [4.78, 5) is 16.3. The summed E-state index contributed by atoms with van der Waals surface area (Å²) in [6.07, 6.45) is -2.36. The van der Waals surface area contributed by atoms with Gasteiger partial charge in [0.25, 0.3) is 12.3 Å². The molecule has 1 saturated heterocycles. The minimum Gasteiger partial charge on any atom is -0.490 e. The van der Waals surface area contributed by atoms with Crippen LogP contribution in [0.2, 0.25) is 0 Å². The maximum Gasteiger partial charge on any atom is 0.254 e. The Kier molecular flexibility index (Phi) is 8.09. The van der Waals surface area contributed by atoms with E-state index < -0.39 is 6.43 Å². The van der Waals surface area contributed by atoms with Crippen molar-refractivity contribution in [1.29, 1.82) is 0 Å². The second kappa shape index (κ2) is 10.3. The highest BCUT2D eigenvalue weighted by Gasteiger charge is 2.26. The molecule has 0 aliphatic carbocycles. The van der Waals surface area contributed by atoms with Gasteiger partial charge in [0.15, 0.2) is 11.5 Å². The van der Waals surface area contributed by atoms with Gasteiger partial charge in [-0.1, -0.05) is 0 Å². The van der Waals surface area contributed by atoms with Gasteiger partial charge in [-0.2, -0.15) is 0 Å². The number of hydrogen-bond donors (Lipinski definition) is 0. The van der Waals surface area contributed by atoms with Crippen molar-refractivity contribution in [3.8, 4) is 17.2 Å². The molecule has 0 saturated carbocycles. The number of rotatable bonds is 9. The molecule has 1 aromatic carbocycles. The Morgan fingerprint density at radius 1 is 0.963 bits per heavy atom. The molecule has 8 heteroatoms. The number of ether oxygens (including phenoxy) is 3. The first kappa shape index (κ1) is 21.2. The molecular weight excluding hydrogens is 358 g/mol. The average molecular weight is 386 g/mol. The molecule has 27 heavy (non-hydrogen) atoms. The van der Waals surface area contributed by atoms with Gasteiger partial charge in [0.2, 0.25) is 5.75 Å². The van der Waals surface area contributed by atoms with Crippen LogP contribution in [-0.4, -0.2) is 74.7 Å². The first-order valence-electron chi connectivity index (χ1n) is 9.36. The molecule has 1 heterocycles. The standard InChI is InChI=1S/C19H28F2N2O4/c1-4-25-15-11-14(12-16(26-5-2)18(15)27-6-3)19(24)23-9-7-22(8-10-23)13-17(20)21/h11-12,17H,4-10,13H2,1-3H3. The van der Waals surface area contributed by atoms with Gasteiger partial charge in [0.1, 0.15) is 0 Å². The number of nitrogens with zero attached hydrogens (tertiary/aromatic N) is 2. The average Bonchev–Trinajstić information content (AvgIpc) is 2.64. The maximum absolute atomic E-state index is 12.9. The van der Waals surface area contributed by atoms with Crippen molar-refractivity contribution in [2.75, 3.05) is 52.5 Å². The third-order valence-electron chi connectivity index (χ3n) is 4.21. The Bertz CT molecular complexity index is 593. The van der Waals surface area contributed by atoms with Crippen molar-refractivity contribution in [1.82, 2.24) is 9.80 Å². The van der Waals surface area contributed by atoms with Crippen molar-refractivity contribution >= 4 is 5.91 Å². The number of benzene rings is 1. The van der Waals surface area contributed by atoms with Crippen molar-refractivity contribution < 1.29 is 27.8 Å². The first-order valence-corrected chi connectivity index (χ1v) is 9.36. The van der Waals surface area contributed by atoms with Gasteiger partial charge in [-0.15, -0.1) is 0 Å². The molecule has 0 atom stereocenters. The number of carbonyl (C=O) groups excluding carboxylic acids is 1. The number of alkyl halides is 2. The lowest BCUT2D eigenvalue weighted by Gasteiger charge is -2.34. The van der Waals surface area contributed by atoms with E-state index in [4.69, 9.17) is 14.2 Å². The van der Waals surface area contributed by atoms with Gasteiger partial charge in [-0.3, -0.25) is 9.69 Å². The van der Waals surface area contributed by atoms with Gasteiger partial charge in [-0.25, -0.2) is 8.78 Å². The van der Waals surface area contributed by atoms with Crippen LogP contribution < -0.4 is 14.2 Å². The van der Waals surface area contributed by atoms with E-state index in [1.165, 1.54) is 0 Å². The molecule has 0 unspecified atom stereocenters. The van der Waals surface area contributed by atoms with Crippen molar-refractivity contribution in [3.05, 3.63) is 17.7 Å². The lowest BCUT2D eigenvalue weighted by molar-refractivity contribution is 0.0458. The zero-order valence-electron chi connectivity index (χ0n) is 16.2. The van der Waals surface area contributed by atoms with E-state index in [0.29, 0.717) is 68.8 Å². The third kappa shape index (κ3) is 5.69. The predicted octanol–water partition coefficient (Wildman–Crippen LogP) is 2.91. The van der Waals surface area contributed by atoms with Gasteiger partial charge < -0.3 is 19.1 Å². The Morgan fingerprint density at radius 2 is 1.48 bits per heavy atom. The number of amides is 1. The summed E-state index contributed by atoms with van der Waals surface area (Å²) in [5, 5.41) is 0. The lowest BCUT2D eigenvalue weighted by atomic mass is 10.1. The topological polar surface area (TPSA) is 51.2 Å². The van der Waals surface area contributed by atoms with Crippen molar-refractivity contribution in [3.63, 3.8) is 0 Å². The number of carbonyl (C=O) groups is 1. The molecular formula is C19H28F2N2O4. The molecule has 1 aliphatic rings. The molecule has 1 aromatic rings. The Balaban J connectivity index is 2.20. The predicted molar refractivity (Wildman–Crippen MR) is 98.3 cm³/mol. The minimum absolute atomic E-state index is 0.170. The molecule has 0 spiro atoms. The Hall–Kier alpha value is -2.09. The molecule has 2 rings (SSSR count). The fourth-order valence-corrected chi connectivity index (χ4v) is 3.02. The summed E-state index contributed by atoms with van der Waals surface area (Å²) in [6, 6.07) is 3.32. The summed E-state index contributed by atoms with van der Waals surface area (Å²) in [7, 11) is 0. The minimum atomic E-state index is -2.36. The Morgan fingerprint density at radius 3 is 1.93 bits per heavy atom. The summed E-state index contributed by atoms with van der Waals surface area (Å²) < 4.78 is 42.0. The molecule has 0 bridgehead atoms.